The molecule has 0 aromatic carbocycles. The fourth-order valence-electron chi connectivity index (χ4n) is 1.44. The van der Waals surface area contributed by atoms with Crippen molar-refractivity contribution in [1.29, 1.82) is 0 Å². The molecule has 1 saturated heterocycles. The number of rotatable bonds is 1. The normalized spacial score (nSPS) is 22.8. The first-order valence-corrected chi connectivity index (χ1v) is 4.06. The van der Waals surface area contributed by atoms with Gasteiger partial charge in [-0.2, -0.15) is 0 Å². The first-order chi connectivity index (χ1) is 5.38. The van der Waals surface area contributed by atoms with Gasteiger partial charge in [0.25, 0.3) is 0 Å². The third-order valence-corrected chi connectivity index (χ3v) is 2.28. The molecular formula is C9H13N2+. The minimum Gasteiger partial charge on any atom is -0.305 e. The molecule has 1 aliphatic heterocycles. The van der Waals surface area contributed by atoms with Crippen molar-refractivity contribution in [2.45, 2.75) is 12.5 Å². The topological polar surface area (TPSA) is 15.9 Å². The lowest BCUT2D eigenvalue weighted by molar-refractivity contribution is -0.681. The maximum Gasteiger partial charge on any atom is 0.198 e. The number of pyridine rings is 1. The predicted octanol–water partition coefficient (Wildman–Crippen LogP) is 0.545. The average molecular weight is 149 g/mol. The van der Waals surface area contributed by atoms with Gasteiger partial charge < -0.3 is 5.32 Å². The first-order valence-electron chi connectivity index (χ1n) is 4.06. The van der Waals surface area contributed by atoms with Gasteiger partial charge in [0.2, 0.25) is 0 Å². The summed E-state index contributed by atoms with van der Waals surface area (Å²) in [6.45, 7) is 1.17. The molecule has 1 aromatic heterocycles. The van der Waals surface area contributed by atoms with Crippen molar-refractivity contribution in [2.24, 2.45) is 7.05 Å². The van der Waals surface area contributed by atoms with E-state index in [1.807, 2.05) is 0 Å². The van der Waals surface area contributed by atoms with Gasteiger partial charge in [0.05, 0.1) is 6.04 Å². The Kier molecular flexibility index (Phi) is 1.62. The second-order valence-electron chi connectivity index (χ2n) is 3.03. The number of aryl methyl sites for hydroxylation is 1. The highest BCUT2D eigenvalue weighted by atomic mass is 15.0. The Bertz CT molecular complexity index is 253. The molecule has 1 aromatic rings. The van der Waals surface area contributed by atoms with Crippen LogP contribution in [0.5, 0.6) is 0 Å². The van der Waals surface area contributed by atoms with Crippen LogP contribution in [0.4, 0.5) is 0 Å². The molecule has 1 unspecified atom stereocenters. The van der Waals surface area contributed by atoms with Crippen molar-refractivity contribution in [3.8, 4) is 0 Å². The van der Waals surface area contributed by atoms with Crippen molar-refractivity contribution in [3.63, 3.8) is 0 Å². The van der Waals surface area contributed by atoms with Gasteiger partial charge in [-0.3, -0.25) is 0 Å². The Hall–Kier alpha value is -0.890. The monoisotopic (exact) mass is 149 g/mol. The van der Waals surface area contributed by atoms with Crippen LogP contribution in [0.15, 0.2) is 24.4 Å². The van der Waals surface area contributed by atoms with Crippen molar-refractivity contribution in [2.75, 3.05) is 6.54 Å². The molecule has 0 aliphatic carbocycles. The molecule has 2 heterocycles. The van der Waals surface area contributed by atoms with E-state index in [-0.39, 0.29) is 0 Å². The van der Waals surface area contributed by atoms with Crippen LogP contribution < -0.4 is 9.88 Å². The lowest BCUT2D eigenvalue weighted by Gasteiger charge is -2.24. The maximum atomic E-state index is 3.38. The van der Waals surface area contributed by atoms with Crippen LogP contribution in [0.1, 0.15) is 18.2 Å². The minimum absolute atomic E-state index is 0.598. The number of nitrogens with zero attached hydrogens (tertiary/aromatic N) is 1. The van der Waals surface area contributed by atoms with E-state index >= 15 is 0 Å². The fourth-order valence-corrected chi connectivity index (χ4v) is 1.44. The van der Waals surface area contributed by atoms with E-state index in [0.29, 0.717) is 6.04 Å². The molecule has 1 fully saturated rings. The van der Waals surface area contributed by atoms with Crippen LogP contribution >= 0.6 is 0 Å². The Morgan fingerprint density at radius 3 is 2.91 bits per heavy atom. The summed E-state index contributed by atoms with van der Waals surface area (Å²) in [7, 11) is 2.09. The molecule has 0 saturated carbocycles. The van der Waals surface area contributed by atoms with Crippen LogP contribution in [0.3, 0.4) is 0 Å². The second kappa shape index (κ2) is 2.62. The molecule has 0 amide bonds. The summed E-state index contributed by atoms with van der Waals surface area (Å²) in [5, 5.41) is 3.38. The molecule has 11 heavy (non-hydrogen) atoms. The summed E-state index contributed by atoms with van der Waals surface area (Å²) in [4.78, 5) is 0. The summed E-state index contributed by atoms with van der Waals surface area (Å²) < 4.78 is 2.18. The largest absolute Gasteiger partial charge is 0.305 e. The first kappa shape index (κ1) is 6.80. The Balaban J connectivity index is 2.28. The number of hydrogen-bond donors (Lipinski definition) is 1. The highest BCUT2D eigenvalue weighted by Gasteiger charge is 2.24. The molecule has 1 N–H and O–H groups in total. The standard InChI is InChI=1S/C9H13N2/c1-11-7-3-2-4-9(11)8-5-6-10-8/h2-4,7-8,10H,5-6H2,1H3/q+1. The number of nitrogens with one attached hydrogen (secondary N) is 1. The lowest BCUT2D eigenvalue weighted by Crippen LogP contribution is -2.44. The molecule has 0 radical (unpaired) electrons. The SMILES string of the molecule is C[n+]1ccccc1C1CCN1. The van der Waals surface area contributed by atoms with E-state index in [4.69, 9.17) is 0 Å². The van der Waals surface area contributed by atoms with Crippen LogP contribution in [0.2, 0.25) is 0 Å². The maximum absolute atomic E-state index is 3.38. The third-order valence-electron chi connectivity index (χ3n) is 2.28. The molecule has 2 rings (SSSR count). The van der Waals surface area contributed by atoms with Crippen molar-refractivity contribution in [3.05, 3.63) is 30.1 Å². The van der Waals surface area contributed by atoms with Gasteiger partial charge >= 0.3 is 0 Å². The van der Waals surface area contributed by atoms with Gasteiger partial charge in [-0.15, -0.1) is 0 Å². The highest BCUT2D eigenvalue weighted by Crippen LogP contribution is 2.18. The van der Waals surface area contributed by atoms with Gasteiger partial charge in [0.15, 0.2) is 11.9 Å². The van der Waals surface area contributed by atoms with Crippen LogP contribution in [-0.4, -0.2) is 6.54 Å². The van der Waals surface area contributed by atoms with Gasteiger partial charge in [0.1, 0.15) is 7.05 Å². The summed E-state index contributed by atoms with van der Waals surface area (Å²) in [6, 6.07) is 6.93. The summed E-state index contributed by atoms with van der Waals surface area (Å²) in [5.74, 6) is 0. The average Bonchev–Trinajstić information content (AvgIpc) is 1.90. The predicted molar refractivity (Wildman–Crippen MR) is 43.0 cm³/mol. The molecule has 0 spiro atoms. The van der Waals surface area contributed by atoms with Crippen LogP contribution in [-0.2, 0) is 7.05 Å². The zero-order chi connectivity index (χ0) is 7.68. The molecule has 2 heteroatoms. The number of aromatic nitrogens is 1. The van der Waals surface area contributed by atoms with Crippen LogP contribution in [0.25, 0.3) is 0 Å². The quantitative estimate of drug-likeness (QED) is 0.576. The minimum atomic E-state index is 0.598. The molecule has 0 bridgehead atoms. The molecule has 1 atom stereocenters. The molecule has 2 nitrogen and oxygen atoms in total. The van der Waals surface area contributed by atoms with E-state index in [1.54, 1.807) is 0 Å². The van der Waals surface area contributed by atoms with Crippen molar-refractivity contribution in [1.82, 2.24) is 5.32 Å². The second-order valence-corrected chi connectivity index (χ2v) is 3.03. The van der Waals surface area contributed by atoms with Gasteiger partial charge in [-0.1, -0.05) is 6.07 Å². The summed E-state index contributed by atoms with van der Waals surface area (Å²) >= 11 is 0. The zero-order valence-electron chi connectivity index (χ0n) is 6.75. The van der Waals surface area contributed by atoms with Crippen LogP contribution in [0, 0.1) is 0 Å². The highest BCUT2D eigenvalue weighted by molar-refractivity contribution is 5.05. The van der Waals surface area contributed by atoms with E-state index in [0.717, 1.165) is 0 Å². The fraction of sp³-hybridized carbons (Fsp3) is 0.444. The molecular weight excluding hydrogens is 136 g/mol. The lowest BCUT2D eigenvalue weighted by atomic mass is 10.0. The Morgan fingerprint density at radius 2 is 2.36 bits per heavy atom. The number of hydrogen-bond acceptors (Lipinski definition) is 1. The third kappa shape index (κ3) is 1.14. The van der Waals surface area contributed by atoms with E-state index in [9.17, 15) is 0 Å². The van der Waals surface area contributed by atoms with E-state index < -0.39 is 0 Å². The summed E-state index contributed by atoms with van der Waals surface area (Å²) in [5.41, 5.74) is 1.39. The summed E-state index contributed by atoms with van der Waals surface area (Å²) in [6.07, 6.45) is 3.37. The van der Waals surface area contributed by atoms with Gasteiger partial charge in [-0.05, 0) is 13.0 Å². The van der Waals surface area contributed by atoms with Gasteiger partial charge in [-0.25, -0.2) is 4.57 Å². The van der Waals surface area contributed by atoms with E-state index in [1.165, 1.54) is 18.7 Å². The molecule has 1 aliphatic rings. The van der Waals surface area contributed by atoms with E-state index in [2.05, 4.69) is 41.3 Å². The van der Waals surface area contributed by atoms with Crippen molar-refractivity contribution < 1.29 is 4.57 Å². The smallest absolute Gasteiger partial charge is 0.198 e. The Morgan fingerprint density at radius 1 is 1.55 bits per heavy atom. The Labute approximate surface area is 66.9 Å². The molecule has 58 valence electrons. The zero-order valence-corrected chi connectivity index (χ0v) is 6.75. The van der Waals surface area contributed by atoms with Gasteiger partial charge in [0, 0.05) is 12.1 Å². The van der Waals surface area contributed by atoms with Crippen molar-refractivity contribution >= 4 is 0 Å².